The van der Waals surface area contributed by atoms with E-state index in [0.717, 1.165) is 12.1 Å². The highest BCUT2D eigenvalue weighted by molar-refractivity contribution is 9.10. The molecule has 2 aromatic rings. The zero-order valence-corrected chi connectivity index (χ0v) is 14.9. The standard InChI is InChI=1S/C16H17BrF2N6/c1-2-9(13-6-10(17)15(24-13)16(20)21)14(25-22)7-23-12-4-3-8(18)5-11(12)19/h3-7,9,22-24H,2H2,1H3,(H3,20,21)/b14-7-,25-22?. The van der Waals surface area contributed by atoms with Gasteiger partial charge in [-0.05, 0) is 40.5 Å². The number of halogens is 3. The second-order valence-corrected chi connectivity index (χ2v) is 6.13. The van der Waals surface area contributed by atoms with Crippen LogP contribution in [0.5, 0.6) is 0 Å². The van der Waals surface area contributed by atoms with Crippen molar-refractivity contribution in [1.82, 2.24) is 4.98 Å². The van der Waals surface area contributed by atoms with Gasteiger partial charge in [0.15, 0.2) is 0 Å². The van der Waals surface area contributed by atoms with Crippen LogP contribution in [0, 0.1) is 22.6 Å². The summed E-state index contributed by atoms with van der Waals surface area (Å²) in [6.07, 6.45) is 2.01. The van der Waals surface area contributed by atoms with E-state index in [0.29, 0.717) is 28.0 Å². The molecule has 1 heterocycles. The first-order valence-electron chi connectivity index (χ1n) is 7.39. The predicted molar refractivity (Wildman–Crippen MR) is 95.8 cm³/mol. The lowest BCUT2D eigenvalue weighted by Crippen LogP contribution is -2.12. The summed E-state index contributed by atoms with van der Waals surface area (Å²) in [6, 6.07) is 4.94. The van der Waals surface area contributed by atoms with Crippen LogP contribution in [0.3, 0.4) is 0 Å². The van der Waals surface area contributed by atoms with E-state index < -0.39 is 11.6 Å². The number of nitrogens with one attached hydrogen (secondary N) is 4. The molecule has 0 radical (unpaired) electrons. The monoisotopic (exact) mass is 410 g/mol. The lowest BCUT2D eigenvalue weighted by molar-refractivity contribution is 0.586. The van der Waals surface area contributed by atoms with E-state index in [-0.39, 0.29) is 17.4 Å². The van der Waals surface area contributed by atoms with Gasteiger partial charge in [0.05, 0.1) is 17.1 Å². The quantitative estimate of drug-likeness (QED) is 0.256. The normalized spacial score (nSPS) is 12.7. The Bertz CT molecular complexity index is 830. The van der Waals surface area contributed by atoms with Crippen LogP contribution >= 0.6 is 15.9 Å². The molecular weight excluding hydrogens is 394 g/mol. The molecule has 2 rings (SSSR count). The summed E-state index contributed by atoms with van der Waals surface area (Å²) in [5.74, 6) is -1.82. The summed E-state index contributed by atoms with van der Waals surface area (Å²) < 4.78 is 27.3. The first-order valence-corrected chi connectivity index (χ1v) is 8.18. The molecule has 0 aliphatic carbocycles. The first-order chi connectivity index (χ1) is 11.9. The Hall–Kier alpha value is -2.55. The van der Waals surface area contributed by atoms with Crippen LogP contribution in [0.15, 0.2) is 45.7 Å². The molecule has 6 N–H and O–H groups in total. The van der Waals surface area contributed by atoms with Crippen LogP contribution < -0.4 is 11.1 Å². The van der Waals surface area contributed by atoms with E-state index >= 15 is 0 Å². The van der Waals surface area contributed by atoms with Crippen molar-refractivity contribution >= 4 is 27.5 Å². The van der Waals surface area contributed by atoms with Crippen LogP contribution in [0.4, 0.5) is 14.5 Å². The maximum atomic E-state index is 13.7. The number of aromatic amines is 1. The van der Waals surface area contributed by atoms with Crippen LogP contribution in [0.1, 0.15) is 30.7 Å². The minimum absolute atomic E-state index is 0.0782. The fraction of sp³-hybridized carbons (Fsp3) is 0.188. The summed E-state index contributed by atoms with van der Waals surface area (Å²) in [6.45, 7) is 1.91. The maximum absolute atomic E-state index is 13.7. The van der Waals surface area contributed by atoms with Gasteiger partial charge in [-0.3, -0.25) is 5.41 Å². The van der Waals surface area contributed by atoms with Gasteiger partial charge >= 0.3 is 0 Å². The van der Waals surface area contributed by atoms with E-state index in [4.69, 9.17) is 16.7 Å². The van der Waals surface area contributed by atoms with Gasteiger partial charge in [0, 0.05) is 28.4 Å². The number of aromatic nitrogens is 1. The molecule has 0 amide bonds. The molecule has 0 aliphatic heterocycles. The number of amidine groups is 1. The number of hydrogen-bond donors (Lipinski definition) is 5. The average molecular weight is 411 g/mol. The number of benzene rings is 1. The maximum Gasteiger partial charge on any atom is 0.149 e. The van der Waals surface area contributed by atoms with E-state index in [1.165, 1.54) is 12.3 Å². The van der Waals surface area contributed by atoms with Gasteiger partial charge in [-0.15, -0.1) is 0 Å². The molecule has 6 nitrogen and oxygen atoms in total. The number of nitrogens with zero attached hydrogens (tertiary/aromatic N) is 1. The number of anilines is 1. The van der Waals surface area contributed by atoms with E-state index in [9.17, 15) is 8.78 Å². The summed E-state index contributed by atoms with van der Waals surface area (Å²) >= 11 is 3.33. The first kappa shape index (κ1) is 18.8. The lowest BCUT2D eigenvalue weighted by Gasteiger charge is -2.14. The van der Waals surface area contributed by atoms with Crippen molar-refractivity contribution in [2.45, 2.75) is 19.3 Å². The average Bonchev–Trinajstić information content (AvgIpc) is 2.94. The number of allylic oxidation sites excluding steroid dienone is 1. The molecule has 25 heavy (non-hydrogen) atoms. The molecule has 0 saturated carbocycles. The molecule has 0 bridgehead atoms. The second-order valence-electron chi connectivity index (χ2n) is 5.27. The van der Waals surface area contributed by atoms with Crippen molar-refractivity contribution in [2.75, 3.05) is 5.32 Å². The van der Waals surface area contributed by atoms with Gasteiger partial charge in [0.2, 0.25) is 0 Å². The fourth-order valence-electron chi connectivity index (χ4n) is 2.39. The van der Waals surface area contributed by atoms with Crippen molar-refractivity contribution < 1.29 is 8.78 Å². The molecule has 0 saturated heterocycles. The van der Waals surface area contributed by atoms with Gasteiger partial charge in [0.25, 0.3) is 0 Å². The Kier molecular flexibility index (Phi) is 6.02. The number of H-pyrrole nitrogens is 1. The molecule has 1 unspecified atom stereocenters. The molecule has 1 aromatic heterocycles. The van der Waals surface area contributed by atoms with E-state index in [1.54, 1.807) is 6.07 Å². The summed E-state index contributed by atoms with van der Waals surface area (Å²) in [5, 5.41) is 13.8. The molecular formula is C16H17BrF2N6. The Balaban J connectivity index is 2.31. The minimum Gasteiger partial charge on any atom is -0.382 e. The minimum atomic E-state index is -0.741. The second kappa shape index (κ2) is 8.02. The molecule has 0 spiro atoms. The Labute approximate surface area is 151 Å². The van der Waals surface area contributed by atoms with Crippen molar-refractivity contribution in [1.29, 1.82) is 10.9 Å². The third-order valence-electron chi connectivity index (χ3n) is 3.64. The fourth-order valence-corrected chi connectivity index (χ4v) is 2.95. The molecule has 0 aliphatic rings. The SMILES string of the molecule is CCC(/C(=C/Nc1ccc(F)cc1F)N=N)c1cc(Br)c(C(=N)N)[nH]1. The summed E-state index contributed by atoms with van der Waals surface area (Å²) in [4.78, 5) is 3.03. The number of nitrogens with two attached hydrogens (primary N) is 1. The zero-order chi connectivity index (χ0) is 18.6. The van der Waals surface area contributed by atoms with Crippen molar-refractivity contribution in [3.05, 3.63) is 63.7 Å². The smallest absolute Gasteiger partial charge is 0.149 e. The topological polar surface area (TPSA) is 114 Å². The third kappa shape index (κ3) is 4.30. The Morgan fingerprint density at radius 1 is 1.44 bits per heavy atom. The number of hydrogen-bond acceptors (Lipinski definition) is 4. The number of nitrogen functional groups attached to an aromatic ring is 1. The van der Waals surface area contributed by atoms with Gasteiger partial charge < -0.3 is 16.0 Å². The van der Waals surface area contributed by atoms with Gasteiger partial charge in [-0.1, -0.05) is 6.92 Å². The van der Waals surface area contributed by atoms with Gasteiger partial charge in [-0.2, -0.15) is 5.11 Å². The molecule has 1 atom stereocenters. The van der Waals surface area contributed by atoms with Crippen molar-refractivity contribution in [2.24, 2.45) is 10.8 Å². The summed E-state index contributed by atoms with van der Waals surface area (Å²) in [7, 11) is 0. The molecule has 132 valence electrons. The van der Waals surface area contributed by atoms with Crippen LogP contribution in [0.2, 0.25) is 0 Å². The number of rotatable bonds is 7. The van der Waals surface area contributed by atoms with E-state index in [1.807, 2.05) is 6.92 Å². The highest BCUT2D eigenvalue weighted by atomic mass is 79.9. The van der Waals surface area contributed by atoms with Crippen molar-refractivity contribution in [3.63, 3.8) is 0 Å². The largest absolute Gasteiger partial charge is 0.382 e. The van der Waals surface area contributed by atoms with Gasteiger partial charge in [-0.25, -0.2) is 14.3 Å². The highest BCUT2D eigenvalue weighted by Crippen LogP contribution is 2.31. The van der Waals surface area contributed by atoms with Crippen LogP contribution in [-0.4, -0.2) is 10.8 Å². The molecule has 9 heteroatoms. The lowest BCUT2D eigenvalue weighted by atomic mass is 9.99. The van der Waals surface area contributed by atoms with Gasteiger partial charge in [0.1, 0.15) is 17.5 Å². The predicted octanol–water partition coefficient (Wildman–Crippen LogP) is 4.82. The van der Waals surface area contributed by atoms with E-state index in [2.05, 4.69) is 31.3 Å². The molecule has 1 aromatic carbocycles. The Morgan fingerprint density at radius 3 is 2.68 bits per heavy atom. The molecule has 0 fully saturated rings. The summed E-state index contributed by atoms with van der Waals surface area (Å²) in [5.41, 5.74) is 14.5. The Morgan fingerprint density at radius 2 is 2.16 bits per heavy atom. The van der Waals surface area contributed by atoms with Crippen molar-refractivity contribution in [3.8, 4) is 0 Å². The van der Waals surface area contributed by atoms with Crippen LogP contribution in [-0.2, 0) is 0 Å². The third-order valence-corrected chi connectivity index (χ3v) is 4.26. The highest BCUT2D eigenvalue weighted by Gasteiger charge is 2.20. The van der Waals surface area contributed by atoms with Crippen LogP contribution in [0.25, 0.3) is 0 Å². The zero-order valence-electron chi connectivity index (χ0n) is 13.3.